The van der Waals surface area contributed by atoms with E-state index in [2.05, 4.69) is 10.3 Å². The number of rotatable bonds is 3. The van der Waals surface area contributed by atoms with Gasteiger partial charge in [0, 0.05) is 18.0 Å². The summed E-state index contributed by atoms with van der Waals surface area (Å²) in [4.78, 5) is 14.2. The van der Waals surface area contributed by atoms with E-state index in [0.717, 1.165) is 0 Å². The Labute approximate surface area is 113 Å². The fraction of sp³-hybridized carbons (Fsp3) is 0. The number of benzene rings is 1. The summed E-state index contributed by atoms with van der Waals surface area (Å²) in [5, 5.41) is 14.4. The molecular formula is C11H7Cl2N3O2. The van der Waals surface area contributed by atoms with E-state index in [1.807, 2.05) is 0 Å². The third kappa shape index (κ3) is 2.69. The SMILES string of the molecule is O=[N+]([O-])c1cccnc1Nc1ccc(Cl)c(Cl)c1. The molecule has 0 spiro atoms. The molecule has 0 bridgehead atoms. The number of nitrogens with one attached hydrogen (secondary N) is 1. The van der Waals surface area contributed by atoms with Crippen LogP contribution in [0, 0.1) is 10.1 Å². The van der Waals surface area contributed by atoms with Crippen molar-refractivity contribution in [2.75, 3.05) is 5.32 Å². The number of hydrogen-bond donors (Lipinski definition) is 1. The highest BCUT2D eigenvalue weighted by molar-refractivity contribution is 6.42. The van der Waals surface area contributed by atoms with Crippen LogP contribution in [-0.2, 0) is 0 Å². The lowest BCUT2D eigenvalue weighted by molar-refractivity contribution is -0.384. The van der Waals surface area contributed by atoms with E-state index < -0.39 is 4.92 Å². The van der Waals surface area contributed by atoms with Crippen molar-refractivity contribution in [1.29, 1.82) is 0 Å². The molecule has 0 saturated carbocycles. The van der Waals surface area contributed by atoms with Crippen molar-refractivity contribution in [3.8, 4) is 0 Å². The molecule has 1 heterocycles. The van der Waals surface area contributed by atoms with Gasteiger partial charge in [-0.15, -0.1) is 0 Å². The number of aromatic nitrogens is 1. The molecule has 5 nitrogen and oxygen atoms in total. The average Bonchev–Trinajstić information content (AvgIpc) is 2.34. The van der Waals surface area contributed by atoms with Gasteiger partial charge >= 0.3 is 5.69 Å². The summed E-state index contributed by atoms with van der Waals surface area (Å²) in [6.45, 7) is 0. The van der Waals surface area contributed by atoms with Crippen molar-refractivity contribution < 1.29 is 4.92 Å². The molecule has 0 aliphatic heterocycles. The normalized spacial score (nSPS) is 10.1. The Morgan fingerprint density at radius 1 is 1.22 bits per heavy atom. The van der Waals surface area contributed by atoms with Crippen LogP contribution in [0.5, 0.6) is 0 Å². The molecule has 92 valence electrons. The molecule has 0 amide bonds. The number of nitrogens with zero attached hydrogens (tertiary/aromatic N) is 2. The highest BCUT2D eigenvalue weighted by atomic mass is 35.5. The summed E-state index contributed by atoms with van der Waals surface area (Å²) in [5.41, 5.74) is 0.467. The molecule has 2 aromatic rings. The molecule has 0 aliphatic carbocycles. The molecule has 2 rings (SSSR count). The average molecular weight is 284 g/mol. The largest absolute Gasteiger partial charge is 0.334 e. The van der Waals surface area contributed by atoms with Gasteiger partial charge < -0.3 is 5.32 Å². The van der Waals surface area contributed by atoms with E-state index in [-0.39, 0.29) is 11.5 Å². The van der Waals surface area contributed by atoms with Gasteiger partial charge in [0.15, 0.2) is 0 Å². The predicted molar refractivity (Wildman–Crippen MR) is 70.6 cm³/mol. The first-order valence-electron chi connectivity index (χ1n) is 4.89. The summed E-state index contributed by atoms with van der Waals surface area (Å²) >= 11 is 11.6. The fourth-order valence-electron chi connectivity index (χ4n) is 1.35. The van der Waals surface area contributed by atoms with Gasteiger partial charge in [-0.3, -0.25) is 10.1 Å². The topological polar surface area (TPSA) is 68.1 Å². The lowest BCUT2D eigenvalue weighted by atomic mass is 10.3. The van der Waals surface area contributed by atoms with Gasteiger partial charge in [0.1, 0.15) is 0 Å². The Kier molecular flexibility index (Phi) is 3.64. The number of halogens is 2. The van der Waals surface area contributed by atoms with Crippen LogP contribution in [0.4, 0.5) is 17.2 Å². The van der Waals surface area contributed by atoms with Crippen molar-refractivity contribution in [3.05, 3.63) is 56.7 Å². The number of hydrogen-bond acceptors (Lipinski definition) is 4. The van der Waals surface area contributed by atoms with Crippen LogP contribution in [0.15, 0.2) is 36.5 Å². The molecule has 7 heteroatoms. The highest BCUT2D eigenvalue weighted by Crippen LogP contribution is 2.29. The van der Waals surface area contributed by atoms with E-state index in [1.165, 1.54) is 18.3 Å². The number of pyridine rings is 1. The summed E-state index contributed by atoms with van der Waals surface area (Å²) in [6, 6.07) is 7.70. The minimum Gasteiger partial charge on any atom is -0.334 e. The lowest BCUT2D eigenvalue weighted by Crippen LogP contribution is -1.99. The second-order valence-electron chi connectivity index (χ2n) is 3.38. The highest BCUT2D eigenvalue weighted by Gasteiger charge is 2.14. The van der Waals surface area contributed by atoms with Crippen molar-refractivity contribution in [3.63, 3.8) is 0 Å². The molecule has 1 aromatic carbocycles. The maximum absolute atomic E-state index is 10.8. The molecular weight excluding hydrogens is 277 g/mol. The van der Waals surface area contributed by atoms with Gasteiger partial charge in [0.2, 0.25) is 5.82 Å². The van der Waals surface area contributed by atoms with Crippen LogP contribution in [0.1, 0.15) is 0 Å². The molecule has 1 aromatic heterocycles. The smallest absolute Gasteiger partial charge is 0.311 e. The second-order valence-corrected chi connectivity index (χ2v) is 4.20. The Balaban J connectivity index is 2.34. The predicted octanol–water partition coefficient (Wildman–Crippen LogP) is 4.04. The third-order valence-corrected chi connectivity index (χ3v) is 2.90. The minimum absolute atomic E-state index is 0.108. The molecule has 0 saturated heterocycles. The van der Waals surface area contributed by atoms with E-state index in [0.29, 0.717) is 15.7 Å². The molecule has 0 unspecified atom stereocenters. The first kappa shape index (κ1) is 12.6. The van der Waals surface area contributed by atoms with Gasteiger partial charge in [-0.2, -0.15) is 0 Å². The molecule has 0 fully saturated rings. The van der Waals surface area contributed by atoms with E-state index in [1.54, 1.807) is 18.2 Å². The van der Waals surface area contributed by atoms with E-state index in [4.69, 9.17) is 23.2 Å². The second kappa shape index (κ2) is 5.20. The molecule has 0 radical (unpaired) electrons. The van der Waals surface area contributed by atoms with Crippen LogP contribution in [0.25, 0.3) is 0 Å². The number of anilines is 2. The molecule has 0 aliphatic rings. The van der Waals surface area contributed by atoms with Crippen LogP contribution in [-0.4, -0.2) is 9.91 Å². The first-order chi connectivity index (χ1) is 8.58. The van der Waals surface area contributed by atoms with Crippen LogP contribution in [0.2, 0.25) is 10.0 Å². The zero-order chi connectivity index (χ0) is 13.1. The quantitative estimate of drug-likeness (QED) is 0.682. The van der Waals surface area contributed by atoms with Crippen molar-refractivity contribution in [2.45, 2.75) is 0 Å². The monoisotopic (exact) mass is 283 g/mol. The van der Waals surface area contributed by atoms with Crippen LogP contribution < -0.4 is 5.32 Å². The third-order valence-electron chi connectivity index (χ3n) is 2.17. The van der Waals surface area contributed by atoms with Gasteiger partial charge in [-0.25, -0.2) is 4.98 Å². The summed E-state index contributed by atoms with van der Waals surface area (Å²) < 4.78 is 0. The van der Waals surface area contributed by atoms with Crippen LogP contribution >= 0.6 is 23.2 Å². The molecule has 18 heavy (non-hydrogen) atoms. The standard InChI is InChI=1S/C11H7Cl2N3O2/c12-8-4-3-7(6-9(8)13)15-11-10(16(17)18)2-1-5-14-11/h1-6H,(H,14,15). The number of nitro groups is 1. The molecule has 1 N–H and O–H groups in total. The fourth-order valence-corrected chi connectivity index (χ4v) is 1.65. The Morgan fingerprint density at radius 3 is 2.67 bits per heavy atom. The Morgan fingerprint density at radius 2 is 2.00 bits per heavy atom. The van der Waals surface area contributed by atoms with E-state index >= 15 is 0 Å². The van der Waals surface area contributed by atoms with Gasteiger partial charge in [-0.1, -0.05) is 23.2 Å². The maximum atomic E-state index is 10.8. The van der Waals surface area contributed by atoms with Crippen molar-refractivity contribution in [2.24, 2.45) is 0 Å². The van der Waals surface area contributed by atoms with Crippen molar-refractivity contribution in [1.82, 2.24) is 4.98 Å². The minimum atomic E-state index is -0.507. The summed E-state index contributed by atoms with van der Waals surface area (Å²) in [7, 11) is 0. The zero-order valence-corrected chi connectivity index (χ0v) is 10.4. The Bertz CT molecular complexity index is 605. The lowest BCUT2D eigenvalue weighted by Gasteiger charge is -2.06. The Hall–Kier alpha value is -1.85. The van der Waals surface area contributed by atoms with Crippen molar-refractivity contribution >= 4 is 40.4 Å². The first-order valence-corrected chi connectivity index (χ1v) is 5.65. The van der Waals surface area contributed by atoms with Gasteiger partial charge in [0.05, 0.1) is 15.0 Å². The summed E-state index contributed by atoms with van der Waals surface area (Å²) in [5.74, 6) is 0.154. The van der Waals surface area contributed by atoms with Gasteiger partial charge in [-0.05, 0) is 24.3 Å². The van der Waals surface area contributed by atoms with E-state index in [9.17, 15) is 10.1 Å². The summed E-state index contributed by atoms with van der Waals surface area (Å²) in [6.07, 6.45) is 1.47. The van der Waals surface area contributed by atoms with Crippen LogP contribution in [0.3, 0.4) is 0 Å². The zero-order valence-electron chi connectivity index (χ0n) is 8.93. The maximum Gasteiger partial charge on any atom is 0.311 e. The van der Waals surface area contributed by atoms with Gasteiger partial charge in [0.25, 0.3) is 0 Å². The molecule has 0 atom stereocenters.